The van der Waals surface area contributed by atoms with E-state index in [1.165, 1.54) is 6.07 Å². The van der Waals surface area contributed by atoms with Crippen LogP contribution in [0.25, 0.3) is 0 Å². The zero-order valence-electron chi connectivity index (χ0n) is 12.1. The van der Waals surface area contributed by atoms with Crippen molar-refractivity contribution in [3.63, 3.8) is 0 Å². The van der Waals surface area contributed by atoms with Crippen LogP contribution in [-0.4, -0.2) is 28.4 Å². The fourth-order valence-electron chi connectivity index (χ4n) is 1.66. The molecule has 0 radical (unpaired) electrons. The van der Waals surface area contributed by atoms with Crippen molar-refractivity contribution >= 4 is 11.8 Å². The highest BCUT2D eigenvalue weighted by atomic mass is 19.1. The molecular formula is C14H18FN3O3. The standard InChI is InChI=1S/C14H18FN3O3/c1-14(2,3)17-7-11(19)8-4-9(6-16)12(10(15)5-8)18-13(20)21/h4-5,11,17-19H,7H2,1-3H3,(H,20,21). The van der Waals surface area contributed by atoms with Crippen molar-refractivity contribution in [2.75, 3.05) is 11.9 Å². The van der Waals surface area contributed by atoms with Crippen LogP contribution in [0.4, 0.5) is 14.9 Å². The van der Waals surface area contributed by atoms with E-state index in [1.54, 1.807) is 6.07 Å². The highest BCUT2D eigenvalue weighted by Gasteiger charge is 2.18. The summed E-state index contributed by atoms with van der Waals surface area (Å²) >= 11 is 0. The Balaban J connectivity index is 3.03. The van der Waals surface area contributed by atoms with Gasteiger partial charge in [-0.3, -0.25) is 5.32 Å². The van der Waals surface area contributed by atoms with Crippen LogP contribution in [-0.2, 0) is 0 Å². The molecule has 6 nitrogen and oxygen atoms in total. The third kappa shape index (κ3) is 5.02. The van der Waals surface area contributed by atoms with Gasteiger partial charge in [0.05, 0.1) is 17.4 Å². The van der Waals surface area contributed by atoms with E-state index in [2.05, 4.69) is 5.32 Å². The second kappa shape index (κ2) is 6.52. The first kappa shape index (κ1) is 16.9. The van der Waals surface area contributed by atoms with E-state index >= 15 is 0 Å². The number of amides is 1. The number of anilines is 1. The minimum Gasteiger partial charge on any atom is -0.465 e. The number of hydrogen-bond acceptors (Lipinski definition) is 4. The van der Waals surface area contributed by atoms with Gasteiger partial charge in [0, 0.05) is 12.1 Å². The molecule has 1 amide bonds. The number of nitriles is 1. The van der Waals surface area contributed by atoms with Crippen molar-refractivity contribution in [2.24, 2.45) is 0 Å². The van der Waals surface area contributed by atoms with Crippen molar-refractivity contribution in [1.82, 2.24) is 5.32 Å². The number of halogens is 1. The monoisotopic (exact) mass is 295 g/mol. The van der Waals surface area contributed by atoms with Gasteiger partial charge in [0.15, 0.2) is 0 Å². The molecule has 0 spiro atoms. The molecule has 0 aliphatic rings. The van der Waals surface area contributed by atoms with Gasteiger partial charge in [-0.15, -0.1) is 0 Å². The summed E-state index contributed by atoms with van der Waals surface area (Å²) in [4.78, 5) is 10.6. The maximum Gasteiger partial charge on any atom is 0.409 e. The third-order valence-electron chi connectivity index (χ3n) is 2.68. The first-order valence-corrected chi connectivity index (χ1v) is 6.30. The fourth-order valence-corrected chi connectivity index (χ4v) is 1.66. The predicted octanol–water partition coefficient (Wildman–Crippen LogP) is 2.21. The summed E-state index contributed by atoms with van der Waals surface area (Å²) in [6.07, 6.45) is -2.47. The number of rotatable bonds is 4. The van der Waals surface area contributed by atoms with Gasteiger partial charge in [0.2, 0.25) is 0 Å². The molecule has 0 saturated carbocycles. The molecule has 0 aliphatic carbocycles. The topological polar surface area (TPSA) is 105 Å². The second-order valence-electron chi connectivity index (χ2n) is 5.61. The van der Waals surface area contributed by atoms with Gasteiger partial charge < -0.3 is 15.5 Å². The Labute approximate surface area is 122 Å². The van der Waals surface area contributed by atoms with Gasteiger partial charge in [-0.1, -0.05) is 0 Å². The molecule has 0 fully saturated rings. The van der Waals surface area contributed by atoms with E-state index in [9.17, 15) is 14.3 Å². The molecule has 0 aromatic heterocycles. The van der Waals surface area contributed by atoms with E-state index in [-0.39, 0.29) is 23.2 Å². The normalized spacial score (nSPS) is 12.6. The minimum atomic E-state index is -1.46. The molecule has 1 aromatic carbocycles. The summed E-state index contributed by atoms with van der Waals surface area (Å²) in [5.74, 6) is -0.902. The molecule has 1 atom stereocenters. The predicted molar refractivity (Wildman–Crippen MR) is 75.5 cm³/mol. The lowest BCUT2D eigenvalue weighted by Gasteiger charge is -2.23. The van der Waals surface area contributed by atoms with Gasteiger partial charge in [0.1, 0.15) is 11.9 Å². The molecule has 1 aromatic rings. The highest BCUT2D eigenvalue weighted by molar-refractivity contribution is 5.85. The first-order valence-electron chi connectivity index (χ1n) is 6.30. The van der Waals surface area contributed by atoms with Gasteiger partial charge in [-0.2, -0.15) is 5.26 Å². The highest BCUT2D eigenvalue weighted by Crippen LogP contribution is 2.25. The molecule has 0 aliphatic heterocycles. The number of carbonyl (C=O) groups is 1. The van der Waals surface area contributed by atoms with Crippen LogP contribution < -0.4 is 10.6 Å². The number of aliphatic hydroxyl groups excluding tert-OH is 1. The number of β-amino-alcohol motifs (C(OH)–C–C–N with tert-alkyl or cyclic N) is 1. The van der Waals surface area contributed by atoms with Crippen molar-refractivity contribution in [2.45, 2.75) is 32.4 Å². The molecule has 1 rings (SSSR count). The summed E-state index contributed by atoms with van der Waals surface area (Å²) in [5.41, 5.74) is -0.605. The quantitative estimate of drug-likeness (QED) is 0.681. The summed E-state index contributed by atoms with van der Waals surface area (Å²) in [6.45, 7) is 5.93. The van der Waals surface area contributed by atoms with E-state index in [0.717, 1.165) is 6.07 Å². The van der Waals surface area contributed by atoms with Crippen LogP contribution in [0.2, 0.25) is 0 Å². The molecule has 0 saturated heterocycles. The molecule has 1 unspecified atom stereocenters. The molecule has 4 N–H and O–H groups in total. The van der Waals surface area contributed by atoms with Gasteiger partial charge in [0.25, 0.3) is 0 Å². The van der Waals surface area contributed by atoms with Gasteiger partial charge in [-0.05, 0) is 38.5 Å². The summed E-state index contributed by atoms with van der Waals surface area (Å²) < 4.78 is 13.9. The maximum atomic E-state index is 13.9. The summed E-state index contributed by atoms with van der Waals surface area (Å²) in [6, 6.07) is 3.99. The Morgan fingerprint density at radius 2 is 2.10 bits per heavy atom. The van der Waals surface area contributed by atoms with Crippen molar-refractivity contribution < 1.29 is 19.4 Å². The molecule has 114 valence electrons. The molecule has 0 bridgehead atoms. The maximum absolute atomic E-state index is 13.9. The zero-order chi connectivity index (χ0) is 16.2. The van der Waals surface area contributed by atoms with Crippen molar-refractivity contribution in [1.29, 1.82) is 5.26 Å². The number of aliphatic hydroxyl groups is 1. The van der Waals surface area contributed by atoms with Crippen LogP contribution in [0.3, 0.4) is 0 Å². The SMILES string of the molecule is CC(C)(C)NCC(O)c1cc(F)c(NC(=O)O)c(C#N)c1. The Morgan fingerprint density at radius 1 is 1.48 bits per heavy atom. The molecule has 0 heterocycles. The molecule has 21 heavy (non-hydrogen) atoms. The summed E-state index contributed by atoms with van der Waals surface area (Å²) in [5, 5.41) is 32.5. The third-order valence-corrected chi connectivity index (χ3v) is 2.68. The van der Waals surface area contributed by atoms with Crippen molar-refractivity contribution in [3.8, 4) is 6.07 Å². The first-order chi connectivity index (χ1) is 9.64. The Kier molecular flexibility index (Phi) is 5.24. The lowest BCUT2D eigenvalue weighted by molar-refractivity contribution is 0.163. The van der Waals surface area contributed by atoms with E-state index in [1.807, 2.05) is 26.1 Å². The molecular weight excluding hydrogens is 277 g/mol. The lowest BCUT2D eigenvalue weighted by Crippen LogP contribution is -2.38. The Bertz CT molecular complexity index is 576. The number of nitrogens with zero attached hydrogens (tertiary/aromatic N) is 1. The van der Waals surface area contributed by atoms with Crippen molar-refractivity contribution in [3.05, 3.63) is 29.1 Å². The number of nitrogens with one attached hydrogen (secondary N) is 2. The van der Waals surface area contributed by atoms with E-state index in [0.29, 0.717) is 0 Å². The average Bonchev–Trinajstić information content (AvgIpc) is 2.36. The average molecular weight is 295 g/mol. The molecule has 7 heteroatoms. The number of hydrogen-bond donors (Lipinski definition) is 4. The summed E-state index contributed by atoms with van der Waals surface area (Å²) in [7, 11) is 0. The second-order valence-corrected chi connectivity index (χ2v) is 5.61. The van der Waals surface area contributed by atoms with E-state index in [4.69, 9.17) is 10.4 Å². The van der Waals surface area contributed by atoms with Crippen LogP contribution in [0, 0.1) is 17.1 Å². The number of benzene rings is 1. The Hall–Kier alpha value is -2.17. The van der Waals surface area contributed by atoms with Crippen LogP contribution >= 0.6 is 0 Å². The van der Waals surface area contributed by atoms with Gasteiger partial charge >= 0.3 is 6.09 Å². The zero-order valence-corrected chi connectivity index (χ0v) is 12.1. The largest absolute Gasteiger partial charge is 0.465 e. The van der Waals surface area contributed by atoms with Crippen LogP contribution in [0.1, 0.15) is 38.0 Å². The van der Waals surface area contributed by atoms with E-state index < -0.39 is 23.7 Å². The number of carboxylic acid groups (broad SMARTS) is 1. The smallest absolute Gasteiger partial charge is 0.409 e. The lowest BCUT2D eigenvalue weighted by atomic mass is 10.0. The Morgan fingerprint density at radius 3 is 2.57 bits per heavy atom. The van der Waals surface area contributed by atoms with Crippen LogP contribution in [0.5, 0.6) is 0 Å². The minimum absolute atomic E-state index is 0.179. The fraction of sp³-hybridized carbons (Fsp3) is 0.429. The van der Waals surface area contributed by atoms with Crippen LogP contribution in [0.15, 0.2) is 12.1 Å². The van der Waals surface area contributed by atoms with Gasteiger partial charge in [-0.25, -0.2) is 9.18 Å².